The molecule has 9 nitrogen and oxygen atoms in total. The summed E-state index contributed by atoms with van der Waals surface area (Å²) in [4.78, 5) is 28.8. The van der Waals surface area contributed by atoms with E-state index in [-0.39, 0.29) is 29.1 Å². The first kappa shape index (κ1) is 18.6. The van der Waals surface area contributed by atoms with E-state index >= 15 is 0 Å². The first-order valence-electron chi connectivity index (χ1n) is 8.73. The Labute approximate surface area is 152 Å². The Bertz CT molecular complexity index is 759. The number of amides is 2. The van der Waals surface area contributed by atoms with Gasteiger partial charge in [-0.05, 0) is 25.5 Å². The van der Waals surface area contributed by atoms with Crippen molar-refractivity contribution < 1.29 is 18.0 Å². The van der Waals surface area contributed by atoms with Crippen molar-refractivity contribution in [1.29, 1.82) is 0 Å². The predicted molar refractivity (Wildman–Crippen MR) is 95.7 cm³/mol. The van der Waals surface area contributed by atoms with E-state index in [4.69, 9.17) is 0 Å². The highest BCUT2D eigenvalue weighted by Crippen LogP contribution is 2.20. The van der Waals surface area contributed by atoms with E-state index < -0.39 is 9.84 Å². The molecule has 1 atom stereocenters. The third kappa shape index (κ3) is 3.95. The van der Waals surface area contributed by atoms with E-state index in [0.29, 0.717) is 45.0 Å². The Kier molecular flexibility index (Phi) is 5.40. The molecule has 0 radical (unpaired) electrons. The number of rotatable bonds is 5. The monoisotopic (exact) mass is 381 g/mol. The molecule has 142 valence electrons. The Morgan fingerprint density at radius 3 is 2.50 bits per heavy atom. The second-order valence-electron chi connectivity index (χ2n) is 6.55. The Morgan fingerprint density at radius 2 is 2.00 bits per heavy atom. The zero-order valence-corrected chi connectivity index (χ0v) is 15.6. The van der Waals surface area contributed by atoms with Gasteiger partial charge in [0, 0.05) is 38.8 Å². The largest absolute Gasteiger partial charge is 0.352 e. The van der Waals surface area contributed by atoms with Crippen molar-refractivity contribution >= 4 is 28.0 Å². The van der Waals surface area contributed by atoms with E-state index in [1.165, 1.54) is 0 Å². The molecule has 0 saturated carbocycles. The summed E-state index contributed by atoms with van der Waals surface area (Å²) in [7, 11) is -3.06. The topological polar surface area (TPSA) is 104 Å². The fourth-order valence-corrected chi connectivity index (χ4v) is 5.13. The maximum absolute atomic E-state index is 12.7. The third-order valence-electron chi connectivity index (χ3n) is 4.91. The number of piperazine rings is 1. The second-order valence-corrected chi connectivity index (χ2v) is 8.78. The molecule has 2 amide bonds. The lowest BCUT2D eigenvalue weighted by atomic mass is 10.2. The maximum Gasteiger partial charge on any atom is 0.274 e. The predicted octanol–water partition coefficient (Wildman–Crippen LogP) is -0.596. The minimum Gasteiger partial charge on any atom is -0.352 e. The van der Waals surface area contributed by atoms with Crippen LogP contribution in [-0.4, -0.2) is 91.0 Å². The van der Waals surface area contributed by atoms with Crippen molar-refractivity contribution in [3.8, 4) is 0 Å². The molecule has 0 aromatic carbocycles. The molecule has 0 bridgehead atoms. The number of carbonyl (C=O) groups excluding carboxylic acids is 2. The van der Waals surface area contributed by atoms with Crippen LogP contribution in [0.25, 0.3) is 0 Å². The summed E-state index contributed by atoms with van der Waals surface area (Å²) < 4.78 is 23.4. The van der Waals surface area contributed by atoms with E-state index in [1.807, 2.05) is 11.8 Å². The first-order valence-corrected chi connectivity index (χ1v) is 10.5. The van der Waals surface area contributed by atoms with Gasteiger partial charge < -0.3 is 14.7 Å². The van der Waals surface area contributed by atoms with Gasteiger partial charge in [-0.1, -0.05) is 0 Å². The van der Waals surface area contributed by atoms with Crippen LogP contribution in [0.1, 0.15) is 23.8 Å². The Morgan fingerprint density at radius 1 is 1.27 bits per heavy atom. The van der Waals surface area contributed by atoms with Gasteiger partial charge in [-0.25, -0.2) is 8.42 Å². The minimum atomic E-state index is -3.06. The van der Waals surface area contributed by atoms with Crippen molar-refractivity contribution in [1.82, 2.24) is 20.0 Å². The molecule has 1 unspecified atom stereocenters. The SMILES string of the molecule is CCN(C(=O)c1ccc(N2CCN(C=O)CC2)nn1)C1CCS(=O)(=O)C1. The van der Waals surface area contributed by atoms with E-state index in [0.717, 1.165) is 6.41 Å². The van der Waals surface area contributed by atoms with Gasteiger partial charge in [-0.15, -0.1) is 10.2 Å². The van der Waals surface area contributed by atoms with Crippen molar-refractivity contribution in [3.63, 3.8) is 0 Å². The van der Waals surface area contributed by atoms with Crippen LogP contribution < -0.4 is 4.90 Å². The molecule has 26 heavy (non-hydrogen) atoms. The molecule has 2 saturated heterocycles. The fourth-order valence-electron chi connectivity index (χ4n) is 3.40. The molecule has 1 aromatic heterocycles. The molecule has 2 aliphatic rings. The lowest BCUT2D eigenvalue weighted by Crippen LogP contribution is -2.46. The summed E-state index contributed by atoms with van der Waals surface area (Å²) >= 11 is 0. The number of sulfone groups is 1. The quantitative estimate of drug-likeness (QED) is 0.628. The first-order chi connectivity index (χ1) is 12.4. The molecule has 0 spiro atoms. The van der Waals surface area contributed by atoms with E-state index in [2.05, 4.69) is 10.2 Å². The smallest absolute Gasteiger partial charge is 0.274 e. The molecule has 1 aromatic rings. The number of nitrogens with zero attached hydrogens (tertiary/aromatic N) is 5. The Balaban J connectivity index is 1.67. The lowest BCUT2D eigenvalue weighted by Gasteiger charge is -2.33. The number of hydrogen-bond donors (Lipinski definition) is 0. The van der Waals surface area contributed by atoms with Crippen molar-refractivity contribution in [3.05, 3.63) is 17.8 Å². The highest BCUT2D eigenvalue weighted by molar-refractivity contribution is 7.91. The van der Waals surface area contributed by atoms with E-state index in [1.54, 1.807) is 21.9 Å². The summed E-state index contributed by atoms with van der Waals surface area (Å²) in [6.45, 7) is 4.86. The van der Waals surface area contributed by atoms with Gasteiger partial charge in [0.15, 0.2) is 21.3 Å². The molecular weight excluding hydrogens is 358 g/mol. The summed E-state index contributed by atoms with van der Waals surface area (Å²) in [5.74, 6) is 0.510. The number of carbonyl (C=O) groups is 2. The number of hydrogen-bond acceptors (Lipinski definition) is 7. The molecule has 2 fully saturated rings. The molecule has 0 aliphatic carbocycles. The summed E-state index contributed by atoms with van der Waals surface area (Å²) in [6.07, 6.45) is 1.31. The fraction of sp³-hybridized carbons (Fsp3) is 0.625. The highest BCUT2D eigenvalue weighted by Gasteiger charge is 2.34. The molecule has 3 heterocycles. The van der Waals surface area contributed by atoms with Gasteiger partial charge in [0.05, 0.1) is 11.5 Å². The zero-order valence-electron chi connectivity index (χ0n) is 14.7. The van der Waals surface area contributed by atoms with Gasteiger partial charge in [0.2, 0.25) is 6.41 Å². The zero-order chi connectivity index (χ0) is 18.7. The van der Waals surface area contributed by atoms with Gasteiger partial charge in [-0.3, -0.25) is 9.59 Å². The Hall–Kier alpha value is -2.23. The van der Waals surface area contributed by atoms with Crippen LogP contribution in [0.5, 0.6) is 0 Å². The molecule has 2 aliphatic heterocycles. The number of aromatic nitrogens is 2. The minimum absolute atomic E-state index is 0.0130. The van der Waals surface area contributed by atoms with Crippen LogP contribution in [0.4, 0.5) is 5.82 Å². The van der Waals surface area contributed by atoms with Gasteiger partial charge in [0.1, 0.15) is 0 Å². The van der Waals surface area contributed by atoms with Crippen LogP contribution in [-0.2, 0) is 14.6 Å². The van der Waals surface area contributed by atoms with Crippen molar-refractivity contribution in [2.45, 2.75) is 19.4 Å². The van der Waals surface area contributed by atoms with Crippen LogP contribution >= 0.6 is 0 Å². The van der Waals surface area contributed by atoms with Crippen molar-refractivity contribution in [2.24, 2.45) is 0 Å². The van der Waals surface area contributed by atoms with Crippen LogP contribution in [0.15, 0.2) is 12.1 Å². The molecular formula is C16H23N5O4S. The molecule has 0 N–H and O–H groups in total. The normalized spacial score (nSPS) is 22.3. The van der Waals surface area contributed by atoms with Crippen molar-refractivity contribution in [2.75, 3.05) is 49.1 Å². The summed E-state index contributed by atoms with van der Waals surface area (Å²) in [5, 5.41) is 8.20. The molecule has 3 rings (SSSR count). The standard InChI is InChI=1S/C16H23N5O4S/c1-2-21(13-5-10-26(24,25)11-13)16(23)14-3-4-15(18-17-14)20-8-6-19(12-22)7-9-20/h3-4,12-13H,2,5-11H2,1H3. The van der Waals surface area contributed by atoms with Crippen LogP contribution in [0.3, 0.4) is 0 Å². The lowest BCUT2D eigenvalue weighted by molar-refractivity contribution is -0.118. The highest BCUT2D eigenvalue weighted by atomic mass is 32.2. The average molecular weight is 381 g/mol. The third-order valence-corrected chi connectivity index (χ3v) is 6.66. The van der Waals surface area contributed by atoms with Gasteiger partial charge >= 0.3 is 0 Å². The van der Waals surface area contributed by atoms with Gasteiger partial charge in [-0.2, -0.15) is 0 Å². The summed E-state index contributed by atoms with van der Waals surface area (Å²) in [6, 6.07) is 3.08. The maximum atomic E-state index is 12.7. The van der Waals surface area contributed by atoms with Crippen LogP contribution in [0.2, 0.25) is 0 Å². The van der Waals surface area contributed by atoms with E-state index in [9.17, 15) is 18.0 Å². The number of anilines is 1. The molecule has 10 heteroatoms. The van der Waals surface area contributed by atoms with Gasteiger partial charge in [0.25, 0.3) is 5.91 Å². The second kappa shape index (κ2) is 7.56. The van der Waals surface area contributed by atoms with Crippen LogP contribution in [0, 0.1) is 0 Å². The average Bonchev–Trinajstić information content (AvgIpc) is 3.02. The summed E-state index contributed by atoms with van der Waals surface area (Å²) in [5.41, 5.74) is 0.214.